The summed E-state index contributed by atoms with van der Waals surface area (Å²) in [6.45, 7) is 1.96. The van der Waals surface area contributed by atoms with E-state index in [-0.39, 0.29) is 11.6 Å². The molecule has 2 heterocycles. The number of aromatic carboxylic acids is 1. The smallest absolute Gasteiger partial charge is 0.356 e. The number of rotatable bonds is 4. The second kappa shape index (κ2) is 6.69. The van der Waals surface area contributed by atoms with Crippen molar-refractivity contribution in [3.05, 3.63) is 70.9 Å². The van der Waals surface area contributed by atoms with E-state index in [9.17, 15) is 9.90 Å². The molecule has 0 aliphatic rings. The van der Waals surface area contributed by atoms with Crippen molar-refractivity contribution in [2.24, 2.45) is 0 Å². The first-order chi connectivity index (χ1) is 13.0. The van der Waals surface area contributed by atoms with Crippen LogP contribution in [0.4, 0.5) is 0 Å². The summed E-state index contributed by atoms with van der Waals surface area (Å²) in [5, 5.41) is 22.0. The number of hydrogen-bond donors (Lipinski definition) is 1. The van der Waals surface area contributed by atoms with Crippen molar-refractivity contribution < 1.29 is 14.3 Å². The maximum Gasteiger partial charge on any atom is 0.356 e. The number of hydrogen-bond acceptors (Lipinski definition) is 5. The predicted octanol–water partition coefficient (Wildman–Crippen LogP) is 4.25. The maximum absolute atomic E-state index is 11.4. The topological polar surface area (TPSA) is 94.0 Å². The number of aryl methyl sites for hydroxylation is 1. The van der Waals surface area contributed by atoms with Gasteiger partial charge in [0.2, 0.25) is 5.89 Å². The van der Waals surface area contributed by atoms with E-state index in [1.165, 1.54) is 10.7 Å². The molecule has 0 saturated heterocycles. The summed E-state index contributed by atoms with van der Waals surface area (Å²) in [5.74, 6) is -0.690. The van der Waals surface area contributed by atoms with Crippen LogP contribution < -0.4 is 0 Å². The number of carboxylic acid groups (broad SMARTS) is 1. The van der Waals surface area contributed by atoms with Crippen molar-refractivity contribution in [3.63, 3.8) is 0 Å². The second-order valence-corrected chi connectivity index (χ2v) is 6.27. The number of carbonyl (C=O) groups is 1. The Bertz CT molecular complexity index is 1150. The van der Waals surface area contributed by atoms with E-state index in [0.717, 1.165) is 11.1 Å². The molecule has 0 bridgehead atoms. The summed E-state index contributed by atoms with van der Waals surface area (Å²) in [6, 6.07) is 16.0. The van der Waals surface area contributed by atoms with Gasteiger partial charge in [0.05, 0.1) is 10.7 Å². The molecule has 0 atom stereocenters. The highest BCUT2D eigenvalue weighted by Gasteiger charge is 2.21. The van der Waals surface area contributed by atoms with Crippen molar-refractivity contribution in [1.29, 1.82) is 0 Å². The number of aromatic nitrogens is 4. The lowest BCUT2D eigenvalue weighted by atomic mass is 10.1. The standard InChI is InChI=1S/C19H13ClN4O3/c1-11-5-4-6-12(9-11)17-21-22-18(27-17)16-10-14(19(25)26)23-24(16)15-8-3-2-7-13(15)20/h2-10H,1H3,(H,25,26). The largest absolute Gasteiger partial charge is 0.476 e. The molecule has 0 aliphatic heterocycles. The third-order valence-corrected chi connectivity index (χ3v) is 4.24. The van der Waals surface area contributed by atoms with E-state index in [1.807, 2.05) is 31.2 Å². The van der Waals surface area contributed by atoms with Gasteiger partial charge in [-0.15, -0.1) is 10.2 Å². The van der Waals surface area contributed by atoms with E-state index in [2.05, 4.69) is 15.3 Å². The zero-order chi connectivity index (χ0) is 19.0. The maximum atomic E-state index is 11.4. The molecule has 0 unspecified atom stereocenters. The summed E-state index contributed by atoms with van der Waals surface area (Å²) >= 11 is 6.25. The molecule has 0 radical (unpaired) electrons. The minimum atomic E-state index is -1.17. The minimum Gasteiger partial charge on any atom is -0.476 e. The van der Waals surface area contributed by atoms with Crippen molar-refractivity contribution in [3.8, 4) is 28.7 Å². The zero-order valence-electron chi connectivity index (χ0n) is 14.1. The Morgan fingerprint density at radius 2 is 1.85 bits per heavy atom. The summed E-state index contributed by atoms with van der Waals surface area (Å²) in [5.41, 5.74) is 2.53. The Labute approximate surface area is 158 Å². The van der Waals surface area contributed by atoms with Gasteiger partial charge in [0.1, 0.15) is 5.69 Å². The van der Waals surface area contributed by atoms with E-state index < -0.39 is 5.97 Å². The van der Waals surface area contributed by atoms with Crippen LogP contribution in [-0.4, -0.2) is 31.1 Å². The summed E-state index contributed by atoms with van der Waals surface area (Å²) < 4.78 is 7.17. The zero-order valence-corrected chi connectivity index (χ0v) is 14.9. The van der Waals surface area contributed by atoms with Crippen molar-refractivity contribution in [1.82, 2.24) is 20.0 Å². The molecule has 0 spiro atoms. The average Bonchev–Trinajstić information content (AvgIpc) is 3.29. The van der Waals surface area contributed by atoms with E-state index in [0.29, 0.717) is 22.3 Å². The van der Waals surface area contributed by atoms with Gasteiger partial charge in [-0.05, 0) is 31.2 Å². The SMILES string of the molecule is Cc1cccc(-c2nnc(-c3cc(C(=O)O)nn3-c3ccccc3Cl)o2)c1. The van der Waals surface area contributed by atoms with Gasteiger partial charge in [-0.3, -0.25) is 0 Å². The van der Waals surface area contributed by atoms with Crippen molar-refractivity contribution in [2.45, 2.75) is 6.92 Å². The summed E-state index contributed by atoms with van der Waals surface area (Å²) in [4.78, 5) is 11.4. The Morgan fingerprint density at radius 3 is 2.59 bits per heavy atom. The van der Waals surface area contributed by atoms with Crippen LogP contribution in [-0.2, 0) is 0 Å². The number of carboxylic acids is 1. The van der Waals surface area contributed by atoms with E-state index in [1.54, 1.807) is 24.3 Å². The molecule has 0 saturated carbocycles. The molecule has 0 aliphatic carbocycles. The van der Waals surface area contributed by atoms with Crippen LogP contribution >= 0.6 is 11.6 Å². The van der Waals surface area contributed by atoms with E-state index in [4.69, 9.17) is 16.0 Å². The number of para-hydroxylation sites is 1. The van der Waals surface area contributed by atoms with Crippen LogP contribution in [0.15, 0.2) is 59.0 Å². The molecular weight excluding hydrogens is 368 g/mol. The van der Waals surface area contributed by atoms with Gasteiger partial charge >= 0.3 is 5.97 Å². The van der Waals surface area contributed by atoms with E-state index >= 15 is 0 Å². The number of nitrogens with zero attached hydrogens (tertiary/aromatic N) is 4. The lowest BCUT2D eigenvalue weighted by Gasteiger charge is -2.06. The van der Waals surface area contributed by atoms with Crippen LogP contribution in [0.25, 0.3) is 28.7 Å². The lowest BCUT2D eigenvalue weighted by molar-refractivity contribution is 0.0690. The highest BCUT2D eigenvalue weighted by atomic mass is 35.5. The molecule has 0 amide bonds. The third kappa shape index (κ3) is 3.20. The van der Waals surface area contributed by atoms with Gasteiger partial charge in [0.25, 0.3) is 5.89 Å². The molecule has 4 aromatic rings. The van der Waals surface area contributed by atoms with Crippen LogP contribution in [0.3, 0.4) is 0 Å². The van der Waals surface area contributed by atoms with Gasteiger partial charge in [-0.2, -0.15) is 5.10 Å². The number of benzene rings is 2. The molecule has 1 N–H and O–H groups in total. The fourth-order valence-electron chi connectivity index (χ4n) is 2.67. The van der Waals surface area contributed by atoms with Gasteiger partial charge in [-0.25, -0.2) is 9.48 Å². The van der Waals surface area contributed by atoms with Crippen LogP contribution in [0.5, 0.6) is 0 Å². The third-order valence-electron chi connectivity index (χ3n) is 3.92. The fourth-order valence-corrected chi connectivity index (χ4v) is 2.88. The van der Waals surface area contributed by atoms with Gasteiger partial charge in [-0.1, -0.05) is 41.4 Å². The molecule has 0 fully saturated rings. The first kappa shape index (κ1) is 17.0. The highest BCUT2D eigenvalue weighted by Crippen LogP contribution is 2.29. The first-order valence-corrected chi connectivity index (χ1v) is 8.40. The van der Waals surface area contributed by atoms with Crippen LogP contribution in [0.1, 0.15) is 16.1 Å². The predicted molar refractivity (Wildman–Crippen MR) is 99.0 cm³/mol. The van der Waals surface area contributed by atoms with Crippen molar-refractivity contribution >= 4 is 17.6 Å². The van der Waals surface area contributed by atoms with Crippen LogP contribution in [0, 0.1) is 6.92 Å². The minimum absolute atomic E-state index is 0.145. The Balaban J connectivity index is 1.85. The normalized spacial score (nSPS) is 10.9. The van der Waals surface area contributed by atoms with Crippen molar-refractivity contribution in [2.75, 3.05) is 0 Å². The molecule has 27 heavy (non-hydrogen) atoms. The Morgan fingerprint density at radius 1 is 1.07 bits per heavy atom. The Kier molecular flexibility index (Phi) is 4.21. The fraction of sp³-hybridized carbons (Fsp3) is 0.0526. The molecule has 7 nitrogen and oxygen atoms in total. The van der Waals surface area contributed by atoms with Gasteiger partial charge < -0.3 is 9.52 Å². The highest BCUT2D eigenvalue weighted by molar-refractivity contribution is 6.32. The number of halogens is 1. The summed E-state index contributed by atoms with van der Waals surface area (Å²) in [7, 11) is 0. The average molecular weight is 381 g/mol. The van der Waals surface area contributed by atoms with Gasteiger partial charge in [0.15, 0.2) is 5.69 Å². The second-order valence-electron chi connectivity index (χ2n) is 5.87. The molecule has 8 heteroatoms. The summed E-state index contributed by atoms with van der Waals surface area (Å²) in [6.07, 6.45) is 0. The first-order valence-electron chi connectivity index (χ1n) is 8.02. The van der Waals surface area contributed by atoms with Gasteiger partial charge in [0, 0.05) is 11.6 Å². The molecule has 4 rings (SSSR count). The molecule has 134 valence electrons. The quantitative estimate of drug-likeness (QED) is 0.568. The molecule has 2 aromatic heterocycles. The lowest BCUT2D eigenvalue weighted by Crippen LogP contribution is -2.03. The monoisotopic (exact) mass is 380 g/mol. The molecular formula is C19H13ClN4O3. The molecule has 2 aromatic carbocycles. The Hall–Kier alpha value is -3.45. The van der Waals surface area contributed by atoms with Crippen LogP contribution in [0.2, 0.25) is 5.02 Å².